The average Bonchev–Trinajstić information content (AvgIpc) is 2.94. The molecule has 1 aliphatic rings. The van der Waals surface area contributed by atoms with Crippen molar-refractivity contribution in [3.63, 3.8) is 0 Å². The summed E-state index contributed by atoms with van der Waals surface area (Å²) in [5, 5.41) is 2.95. The van der Waals surface area contributed by atoms with Gasteiger partial charge in [0, 0.05) is 12.6 Å². The number of hydrogen-bond acceptors (Lipinski definition) is 3. The summed E-state index contributed by atoms with van der Waals surface area (Å²) in [5.41, 5.74) is 6.17. The highest BCUT2D eigenvalue weighted by Crippen LogP contribution is 2.23. The Kier molecular flexibility index (Phi) is 3.81. The molecule has 0 aliphatic heterocycles. The van der Waals surface area contributed by atoms with Crippen molar-refractivity contribution in [3.05, 3.63) is 59.0 Å². The van der Waals surface area contributed by atoms with Crippen LogP contribution in [0.25, 0.3) is 11.1 Å². The van der Waals surface area contributed by atoms with Gasteiger partial charge in [0.2, 0.25) is 5.91 Å². The number of amides is 1. The van der Waals surface area contributed by atoms with Crippen molar-refractivity contribution in [2.24, 2.45) is 0 Å². The van der Waals surface area contributed by atoms with E-state index in [1.807, 2.05) is 25.1 Å². The second-order valence-corrected chi connectivity index (χ2v) is 6.45. The molecule has 0 unspecified atom stereocenters. The highest BCUT2D eigenvalue weighted by Gasteiger charge is 2.12. The Morgan fingerprint density at radius 1 is 1.12 bits per heavy atom. The van der Waals surface area contributed by atoms with Gasteiger partial charge in [-0.2, -0.15) is 0 Å². The van der Waals surface area contributed by atoms with Gasteiger partial charge in [0.15, 0.2) is 11.5 Å². The van der Waals surface area contributed by atoms with Crippen LogP contribution in [0.4, 0.5) is 5.69 Å². The maximum absolute atomic E-state index is 12.3. The number of anilines is 1. The SMILES string of the molecule is Cc1nc2cc(NC(=O)Cc3ccc4c(c3)CCCC4)ccc2o1. The van der Waals surface area contributed by atoms with Crippen LogP contribution in [0.15, 0.2) is 40.8 Å². The number of nitrogens with zero attached hydrogens (tertiary/aromatic N) is 1. The summed E-state index contributed by atoms with van der Waals surface area (Å²) in [6, 6.07) is 12.0. The highest BCUT2D eigenvalue weighted by molar-refractivity contribution is 5.94. The summed E-state index contributed by atoms with van der Waals surface area (Å²) in [4.78, 5) is 16.6. The molecule has 1 aromatic heterocycles. The molecule has 0 bridgehead atoms. The lowest BCUT2D eigenvalue weighted by Crippen LogP contribution is -2.15. The van der Waals surface area contributed by atoms with Gasteiger partial charge in [-0.15, -0.1) is 0 Å². The number of carbonyl (C=O) groups is 1. The Morgan fingerprint density at radius 2 is 1.96 bits per heavy atom. The molecule has 0 atom stereocenters. The third-order valence-corrected chi connectivity index (χ3v) is 4.56. The molecule has 1 aliphatic carbocycles. The number of rotatable bonds is 3. The predicted octanol–water partition coefficient (Wildman–Crippen LogP) is 4.20. The minimum atomic E-state index is -0.00896. The lowest BCUT2D eigenvalue weighted by atomic mass is 9.90. The zero-order chi connectivity index (χ0) is 16.5. The van der Waals surface area contributed by atoms with Gasteiger partial charge in [-0.1, -0.05) is 18.2 Å². The van der Waals surface area contributed by atoms with Gasteiger partial charge >= 0.3 is 0 Å². The second kappa shape index (κ2) is 6.11. The summed E-state index contributed by atoms with van der Waals surface area (Å²) in [7, 11) is 0. The summed E-state index contributed by atoms with van der Waals surface area (Å²) < 4.78 is 5.45. The molecule has 3 aromatic rings. The van der Waals surface area contributed by atoms with Crippen LogP contribution in [-0.2, 0) is 24.1 Å². The lowest BCUT2D eigenvalue weighted by Gasteiger charge is -2.16. The van der Waals surface area contributed by atoms with Crippen LogP contribution in [0.2, 0.25) is 0 Å². The summed E-state index contributed by atoms with van der Waals surface area (Å²) in [5.74, 6) is 0.618. The first-order chi connectivity index (χ1) is 11.7. The molecule has 122 valence electrons. The van der Waals surface area contributed by atoms with Crippen LogP contribution >= 0.6 is 0 Å². The van der Waals surface area contributed by atoms with E-state index in [9.17, 15) is 4.79 Å². The van der Waals surface area contributed by atoms with E-state index in [1.54, 1.807) is 0 Å². The van der Waals surface area contributed by atoms with E-state index in [2.05, 4.69) is 28.5 Å². The Morgan fingerprint density at radius 3 is 2.83 bits per heavy atom. The van der Waals surface area contributed by atoms with Gasteiger partial charge in [0.25, 0.3) is 0 Å². The lowest BCUT2D eigenvalue weighted by molar-refractivity contribution is -0.115. The summed E-state index contributed by atoms with van der Waals surface area (Å²) in [6.45, 7) is 1.81. The molecular formula is C20H20N2O2. The molecule has 24 heavy (non-hydrogen) atoms. The zero-order valence-corrected chi connectivity index (χ0v) is 13.8. The molecular weight excluding hydrogens is 300 g/mol. The van der Waals surface area contributed by atoms with E-state index in [-0.39, 0.29) is 5.91 Å². The van der Waals surface area contributed by atoms with Crippen molar-refractivity contribution in [2.45, 2.75) is 39.0 Å². The van der Waals surface area contributed by atoms with Gasteiger partial charge in [0.05, 0.1) is 6.42 Å². The van der Waals surface area contributed by atoms with Gasteiger partial charge in [-0.3, -0.25) is 4.79 Å². The molecule has 0 fully saturated rings. The van der Waals surface area contributed by atoms with Crippen LogP contribution < -0.4 is 5.32 Å². The Labute approximate surface area is 140 Å². The fraction of sp³-hybridized carbons (Fsp3) is 0.300. The summed E-state index contributed by atoms with van der Waals surface area (Å²) in [6.07, 6.45) is 5.21. The van der Waals surface area contributed by atoms with Gasteiger partial charge in [0.1, 0.15) is 5.52 Å². The third-order valence-electron chi connectivity index (χ3n) is 4.56. The highest BCUT2D eigenvalue weighted by atomic mass is 16.3. The predicted molar refractivity (Wildman–Crippen MR) is 94.2 cm³/mol. The largest absolute Gasteiger partial charge is 0.441 e. The van der Waals surface area contributed by atoms with Crippen molar-refractivity contribution in [3.8, 4) is 0 Å². The first-order valence-electron chi connectivity index (χ1n) is 8.45. The van der Waals surface area contributed by atoms with E-state index in [1.165, 1.54) is 30.4 Å². The van der Waals surface area contributed by atoms with E-state index in [0.29, 0.717) is 12.3 Å². The molecule has 1 heterocycles. The summed E-state index contributed by atoms with van der Waals surface area (Å²) >= 11 is 0. The van der Waals surface area contributed by atoms with E-state index >= 15 is 0 Å². The number of oxazole rings is 1. The molecule has 2 aromatic carbocycles. The van der Waals surface area contributed by atoms with Crippen molar-refractivity contribution in [1.29, 1.82) is 0 Å². The molecule has 0 spiro atoms. The number of fused-ring (bicyclic) bond motifs is 2. The van der Waals surface area contributed by atoms with Crippen LogP contribution in [0.1, 0.15) is 35.4 Å². The zero-order valence-electron chi connectivity index (χ0n) is 13.8. The average molecular weight is 320 g/mol. The smallest absolute Gasteiger partial charge is 0.228 e. The maximum atomic E-state index is 12.3. The molecule has 4 nitrogen and oxygen atoms in total. The van der Waals surface area contributed by atoms with Crippen molar-refractivity contribution >= 4 is 22.7 Å². The maximum Gasteiger partial charge on any atom is 0.228 e. The van der Waals surface area contributed by atoms with Crippen LogP contribution in [0.5, 0.6) is 0 Å². The fourth-order valence-corrected chi connectivity index (χ4v) is 3.41. The number of benzene rings is 2. The number of aryl methyl sites for hydroxylation is 3. The third kappa shape index (κ3) is 3.04. The standard InChI is InChI=1S/C20H20N2O2/c1-13-21-18-12-17(8-9-19(18)24-13)22-20(23)11-14-6-7-15-4-2-3-5-16(15)10-14/h6-10,12H,2-5,11H2,1H3,(H,22,23). The van der Waals surface area contributed by atoms with Gasteiger partial charge < -0.3 is 9.73 Å². The van der Waals surface area contributed by atoms with Crippen LogP contribution in [0.3, 0.4) is 0 Å². The van der Waals surface area contributed by atoms with E-state index < -0.39 is 0 Å². The van der Waals surface area contributed by atoms with E-state index in [0.717, 1.165) is 28.8 Å². The number of hydrogen-bond donors (Lipinski definition) is 1. The first kappa shape index (κ1) is 14.9. The molecule has 0 saturated heterocycles. The molecule has 0 radical (unpaired) electrons. The molecule has 4 heteroatoms. The first-order valence-corrected chi connectivity index (χ1v) is 8.45. The Bertz CT molecular complexity index is 911. The molecule has 1 N–H and O–H groups in total. The number of nitrogens with one attached hydrogen (secondary N) is 1. The number of aromatic nitrogens is 1. The molecule has 4 rings (SSSR count). The molecule has 1 amide bonds. The van der Waals surface area contributed by atoms with E-state index in [4.69, 9.17) is 4.42 Å². The minimum Gasteiger partial charge on any atom is -0.441 e. The normalized spacial score (nSPS) is 13.7. The molecule has 0 saturated carbocycles. The van der Waals surface area contributed by atoms with Crippen molar-refractivity contribution < 1.29 is 9.21 Å². The minimum absolute atomic E-state index is 0.00896. The number of carbonyl (C=O) groups excluding carboxylic acids is 1. The Balaban J connectivity index is 1.47. The monoisotopic (exact) mass is 320 g/mol. The van der Waals surface area contributed by atoms with Crippen LogP contribution in [0, 0.1) is 6.92 Å². The van der Waals surface area contributed by atoms with Gasteiger partial charge in [-0.25, -0.2) is 4.98 Å². The Hall–Kier alpha value is -2.62. The fourth-order valence-electron chi connectivity index (χ4n) is 3.41. The topological polar surface area (TPSA) is 55.1 Å². The van der Waals surface area contributed by atoms with Crippen molar-refractivity contribution in [2.75, 3.05) is 5.32 Å². The quantitative estimate of drug-likeness (QED) is 0.787. The second-order valence-electron chi connectivity index (χ2n) is 6.45. The van der Waals surface area contributed by atoms with Gasteiger partial charge in [-0.05, 0) is 60.6 Å². The van der Waals surface area contributed by atoms with Crippen LogP contribution in [-0.4, -0.2) is 10.9 Å². The van der Waals surface area contributed by atoms with Crippen molar-refractivity contribution in [1.82, 2.24) is 4.98 Å².